The average Bonchev–Trinajstić information content (AvgIpc) is 1.85. The van der Waals surface area contributed by atoms with E-state index >= 15 is 0 Å². The van der Waals surface area contributed by atoms with Crippen LogP contribution >= 0.6 is 23.2 Å². The number of nitrogens with zero attached hydrogens (tertiary/aromatic N) is 3. The van der Waals surface area contributed by atoms with E-state index < -0.39 is 10.7 Å². The van der Waals surface area contributed by atoms with E-state index in [1.807, 2.05) is 0 Å². The molecule has 1 aromatic heterocycles. The molecule has 0 saturated carbocycles. The van der Waals surface area contributed by atoms with Crippen LogP contribution in [0, 0.1) is 10.1 Å². The Labute approximate surface area is 71.1 Å². The van der Waals surface area contributed by atoms with E-state index in [9.17, 15) is 10.1 Å². The molecule has 5 nitrogen and oxygen atoms in total. The topological polar surface area (TPSA) is 68.9 Å². The minimum Gasteiger partial charge on any atom is -0.358 e. The Kier molecular flexibility index (Phi) is 2.21. The van der Waals surface area contributed by atoms with E-state index in [2.05, 4.69) is 9.97 Å². The smallest absolute Gasteiger partial charge is 0.358 e. The molecule has 0 spiro atoms. The maximum Gasteiger partial charge on any atom is 0.401 e. The predicted octanol–water partition coefficient (Wildman–Crippen LogP) is 1.69. The highest BCUT2D eigenvalue weighted by atomic mass is 35.5. The van der Waals surface area contributed by atoms with Crippen molar-refractivity contribution in [1.82, 2.24) is 9.97 Å². The van der Waals surface area contributed by atoms with Crippen LogP contribution in [-0.2, 0) is 0 Å². The molecule has 7 heteroatoms. The molecule has 1 aromatic rings. The molecule has 1 rings (SSSR count). The van der Waals surface area contributed by atoms with Crippen molar-refractivity contribution in [3.8, 4) is 0 Å². The summed E-state index contributed by atoms with van der Waals surface area (Å²) < 4.78 is 0. The number of rotatable bonds is 1. The summed E-state index contributed by atoms with van der Waals surface area (Å²) in [7, 11) is 0. The van der Waals surface area contributed by atoms with Crippen LogP contribution in [0.4, 0.5) is 5.82 Å². The van der Waals surface area contributed by atoms with Crippen molar-refractivity contribution in [1.29, 1.82) is 0 Å². The first-order valence-corrected chi connectivity index (χ1v) is 3.19. The van der Waals surface area contributed by atoms with Gasteiger partial charge in [0, 0.05) is 0 Å². The number of hydrogen-bond donors (Lipinski definition) is 0. The second-order valence-electron chi connectivity index (χ2n) is 1.56. The Bertz CT molecular complexity index is 303. The maximum atomic E-state index is 10.1. The summed E-state index contributed by atoms with van der Waals surface area (Å²) in [6, 6.07) is 0. The Morgan fingerprint density at radius 3 is 2.64 bits per heavy atom. The molecular weight excluding hydrogens is 193 g/mol. The molecule has 0 bridgehead atoms. The Balaban J connectivity index is 3.20. The third kappa shape index (κ3) is 1.75. The second kappa shape index (κ2) is 2.98. The van der Waals surface area contributed by atoms with Gasteiger partial charge >= 0.3 is 5.82 Å². The van der Waals surface area contributed by atoms with Crippen LogP contribution in [0.25, 0.3) is 0 Å². The van der Waals surface area contributed by atoms with E-state index in [1.54, 1.807) is 0 Å². The quantitative estimate of drug-likeness (QED) is 0.503. The molecule has 0 fully saturated rings. The van der Waals surface area contributed by atoms with Crippen LogP contribution in [0.15, 0.2) is 6.20 Å². The predicted molar refractivity (Wildman–Crippen MR) is 38.7 cm³/mol. The number of nitro groups is 1. The van der Waals surface area contributed by atoms with Crippen LogP contribution in [0.3, 0.4) is 0 Å². The summed E-state index contributed by atoms with van der Waals surface area (Å²) in [5.74, 6) is -0.490. The summed E-state index contributed by atoms with van der Waals surface area (Å²) in [6.07, 6.45) is 1.06. The molecule has 0 atom stereocenters. The summed E-state index contributed by atoms with van der Waals surface area (Å²) in [5, 5.41) is 9.83. The third-order valence-electron chi connectivity index (χ3n) is 0.856. The highest BCUT2D eigenvalue weighted by Gasteiger charge is 2.14. The molecule has 58 valence electrons. The molecule has 1 heterocycles. The monoisotopic (exact) mass is 193 g/mol. The number of halogens is 2. The van der Waals surface area contributed by atoms with Gasteiger partial charge in [-0.2, -0.15) is 0 Å². The zero-order chi connectivity index (χ0) is 8.43. The van der Waals surface area contributed by atoms with Gasteiger partial charge in [0.15, 0.2) is 11.3 Å². The van der Waals surface area contributed by atoms with E-state index in [0.29, 0.717) is 0 Å². The zero-order valence-corrected chi connectivity index (χ0v) is 6.50. The average molecular weight is 194 g/mol. The maximum absolute atomic E-state index is 10.1. The minimum absolute atomic E-state index is 0.0283. The summed E-state index contributed by atoms with van der Waals surface area (Å²) >= 11 is 10.7. The minimum atomic E-state index is -0.730. The van der Waals surface area contributed by atoms with Crippen LogP contribution in [0.5, 0.6) is 0 Å². The fraction of sp³-hybridized carbons (Fsp3) is 0. The molecular formula is C4HCl2N3O2. The summed E-state index contributed by atoms with van der Waals surface area (Å²) in [6.45, 7) is 0. The van der Waals surface area contributed by atoms with Crippen molar-refractivity contribution in [2.45, 2.75) is 0 Å². The SMILES string of the molecule is O=[N+]([O-])c1ncc(Cl)nc1Cl. The standard InChI is InChI=1S/C4HCl2N3O2/c5-2-1-7-4(9(10)11)3(6)8-2/h1H. The van der Waals surface area contributed by atoms with Crippen molar-refractivity contribution in [3.05, 3.63) is 26.6 Å². The van der Waals surface area contributed by atoms with Gasteiger partial charge in [0.25, 0.3) is 0 Å². The first-order chi connectivity index (χ1) is 5.11. The summed E-state index contributed by atoms with van der Waals surface area (Å²) in [4.78, 5) is 16.2. The van der Waals surface area contributed by atoms with Gasteiger partial charge in [-0.25, -0.2) is 4.98 Å². The zero-order valence-electron chi connectivity index (χ0n) is 4.99. The van der Waals surface area contributed by atoms with Crippen molar-refractivity contribution in [2.24, 2.45) is 0 Å². The van der Waals surface area contributed by atoms with E-state index in [0.717, 1.165) is 6.20 Å². The molecule has 0 radical (unpaired) electrons. The van der Waals surface area contributed by atoms with Gasteiger partial charge in [-0.3, -0.25) is 0 Å². The lowest BCUT2D eigenvalue weighted by atomic mass is 10.7. The van der Waals surface area contributed by atoms with E-state index in [4.69, 9.17) is 23.2 Å². The molecule has 0 aliphatic heterocycles. The number of hydrogen-bond acceptors (Lipinski definition) is 4. The van der Waals surface area contributed by atoms with E-state index in [-0.39, 0.29) is 10.3 Å². The van der Waals surface area contributed by atoms with Gasteiger partial charge in [-0.15, -0.1) is 0 Å². The molecule has 0 aliphatic carbocycles. The normalized spacial score (nSPS) is 9.64. The lowest BCUT2D eigenvalue weighted by Gasteiger charge is -1.92. The first kappa shape index (κ1) is 8.16. The van der Waals surface area contributed by atoms with Crippen molar-refractivity contribution in [2.75, 3.05) is 0 Å². The number of aromatic nitrogens is 2. The van der Waals surface area contributed by atoms with Gasteiger partial charge < -0.3 is 10.1 Å². The molecule has 11 heavy (non-hydrogen) atoms. The highest BCUT2D eigenvalue weighted by molar-refractivity contribution is 6.33. The lowest BCUT2D eigenvalue weighted by Crippen LogP contribution is -1.94. The Hall–Kier alpha value is -0.940. The molecule has 0 aliphatic rings. The van der Waals surface area contributed by atoms with Crippen molar-refractivity contribution in [3.63, 3.8) is 0 Å². The fourth-order valence-electron chi connectivity index (χ4n) is 0.463. The molecule has 0 N–H and O–H groups in total. The van der Waals surface area contributed by atoms with Crippen molar-refractivity contribution < 1.29 is 4.92 Å². The van der Waals surface area contributed by atoms with Gasteiger partial charge in [0.1, 0.15) is 0 Å². The molecule has 0 aromatic carbocycles. The van der Waals surface area contributed by atoms with Crippen LogP contribution in [-0.4, -0.2) is 14.9 Å². The lowest BCUT2D eigenvalue weighted by molar-refractivity contribution is -0.389. The third-order valence-corrected chi connectivity index (χ3v) is 1.29. The molecule has 0 saturated heterocycles. The van der Waals surface area contributed by atoms with Crippen LogP contribution in [0.2, 0.25) is 10.3 Å². The largest absolute Gasteiger partial charge is 0.401 e. The Morgan fingerprint density at radius 2 is 2.18 bits per heavy atom. The van der Waals surface area contributed by atoms with Crippen LogP contribution in [0.1, 0.15) is 0 Å². The van der Waals surface area contributed by atoms with Gasteiger partial charge in [0.05, 0.1) is 0 Å². The summed E-state index contributed by atoms with van der Waals surface area (Å²) in [5.41, 5.74) is 0. The highest BCUT2D eigenvalue weighted by Crippen LogP contribution is 2.19. The molecule has 0 unspecified atom stereocenters. The second-order valence-corrected chi connectivity index (χ2v) is 2.31. The van der Waals surface area contributed by atoms with E-state index in [1.165, 1.54) is 0 Å². The first-order valence-electron chi connectivity index (χ1n) is 2.43. The van der Waals surface area contributed by atoms with Gasteiger partial charge in [-0.1, -0.05) is 23.2 Å². The fourth-order valence-corrected chi connectivity index (χ4v) is 0.848. The van der Waals surface area contributed by atoms with Crippen LogP contribution < -0.4 is 0 Å². The van der Waals surface area contributed by atoms with Gasteiger partial charge in [-0.05, 0) is 9.91 Å². The van der Waals surface area contributed by atoms with Gasteiger partial charge in [0.2, 0.25) is 5.15 Å². The van der Waals surface area contributed by atoms with Crippen molar-refractivity contribution >= 4 is 29.0 Å². The molecule has 0 amide bonds. The Morgan fingerprint density at radius 1 is 1.55 bits per heavy atom.